The molecule has 7 nitrogen and oxygen atoms in total. The van der Waals surface area contributed by atoms with Crippen molar-refractivity contribution in [1.82, 2.24) is 10.2 Å². The molecule has 2 amide bonds. The molecule has 1 N–H and O–H groups in total. The zero-order valence-electron chi connectivity index (χ0n) is 21.5. The van der Waals surface area contributed by atoms with Crippen LogP contribution < -0.4 is 9.62 Å². The number of nitrogens with zero attached hydrogens (tertiary/aromatic N) is 2. The van der Waals surface area contributed by atoms with Gasteiger partial charge in [-0.15, -0.1) is 0 Å². The normalized spacial score (nSPS) is 12.2. The average molecular weight is 560 g/mol. The molecule has 0 radical (unpaired) electrons. The average Bonchev–Trinajstić information content (AvgIpc) is 2.88. The highest BCUT2D eigenvalue weighted by Gasteiger charge is 2.34. The minimum atomic E-state index is -4.34. The van der Waals surface area contributed by atoms with Gasteiger partial charge in [-0.05, 0) is 56.2 Å². The largest absolute Gasteiger partial charge is 0.352 e. The molecule has 3 rings (SSSR count). The van der Waals surface area contributed by atoms with Crippen LogP contribution in [0.2, 0.25) is 5.02 Å². The summed E-state index contributed by atoms with van der Waals surface area (Å²) in [5.74, 6) is -1.87. The number of hydrogen-bond acceptors (Lipinski definition) is 4. The second kappa shape index (κ2) is 12.9. The molecule has 0 aliphatic carbocycles. The maximum atomic E-state index is 14.9. The molecular weight excluding hydrogens is 529 g/mol. The Morgan fingerprint density at radius 1 is 0.947 bits per heavy atom. The van der Waals surface area contributed by atoms with Gasteiger partial charge in [-0.1, -0.05) is 67.1 Å². The van der Waals surface area contributed by atoms with E-state index in [1.807, 2.05) is 0 Å². The summed E-state index contributed by atoms with van der Waals surface area (Å²) in [6, 6.07) is 18.6. The highest BCUT2D eigenvalue weighted by molar-refractivity contribution is 7.92. The Bertz CT molecular complexity index is 1370. The van der Waals surface area contributed by atoms with Crippen molar-refractivity contribution < 1.29 is 22.4 Å². The fraction of sp³-hybridized carbons (Fsp3) is 0.286. The van der Waals surface area contributed by atoms with Crippen molar-refractivity contribution in [3.63, 3.8) is 0 Å². The van der Waals surface area contributed by atoms with E-state index in [0.29, 0.717) is 10.6 Å². The van der Waals surface area contributed by atoms with Gasteiger partial charge in [-0.3, -0.25) is 13.9 Å². The molecule has 0 saturated heterocycles. The standard InChI is InChI=1S/C28H31ClFN3O4S/c1-4-25(28(35)31-20(2)3)32(18-21-12-8-9-15-23(21)29)27(34)19-33(26-17-11-10-16-24(26)30)38(36,37)22-13-6-5-7-14-22/h5-17,20,25H,4,18-19H2,1-3H3,(H,31,35)/t25-/m0/s1. The number of amides is 2. The number of anilines is 1. The van der Waals surface area contributed by atoms with Crippen molar-refractivity contribution in [3.05, 3.63) is 95.3 Å². The first-order chi connectivity index (χ1) is 18.1. The van der Waals surface area contributed by atoms with Crippen molar-refractivity contribution in [3.8, 4) is 0 Å². The maximum Gasteiger partial charge on any atom is 0.264 e. The first-order valence-electron chi connectivity index (χ1n) is 12.2. The van der Waals surface area contributed by atoms with Crippen LogP contribution in [-0.2, 0) is 26.2 Å². The first-order valence-corrected chi connectivity index (χ1v) is 14.0. The van der Waals surface area contributed by atoms with E-state index in [1.54, 1.807) is 63.2 Å². The van der Waals surface area contributed by atoms with Gasteiger partial charge in [0.25, 0.3) is 10.0 Å². The van der Waals surface area contributed by atoms with Crippen molar-refractivity contribution in [2.24, 2.45) is 0 Å². The van der Waals surface area contributed by atoms with E-state index in [0.717, 1.165) is 10.4 Å². The lowest BCUT2D eigenvalue weighted by molar-refractivity contribution is -0.140. The summed E-state index contributed by atoms with van der Waals surface area (Å²) in [4.78, 5) is 28.2. The number of carbonyl (C=O) groups excluding carboxylic acids is 2. The highest BCUT2D eigenvalue weighted by atomic mass is 35.5. The minimum absolute atomic E-state index is 0.0426. The van der Waals surface area contributed by atoms with E-state index >= 15 is 0 Å². The molecule has 3 aromatic rings. The minimum Gasteiger partial charge on any atom is -0.352 e. The molecule has 202 valence electrons. The van der Waals surface area contributed by atoms with Crippen LogP contribution in [0.4, 0.5) is 10.1 Å². The summed E-state index contributed by atoms with van der Waals surface area (Å²) in [6.07, 6.45) is 0.264. The van der Waals surface area contributed by atoms with Gasteiger partial charge in [0, 0.05) is 17.6 Å². The fourth-order valence-corrected chi connectivity index (χ4v) is 5.64. The number of hydrogen-bond donors (Lipinski definition) is 1. The number of halogens is 2. The van der Waals surface area contributed by atoms with Crippen LogP contribution in [0, 0.1) is 5.82 Å². The van der Waals surface area contributed by atoms with Crippen LogP contribution in [0.25, 0.3) is 0 Å². The quantitative estimate of drug-likeness (QED) is 0.358. The van der Waals surface area contributed by atoms with Crippen molar-refractivity contribution >= 4 is 39.1 Å². The topological polar surface area (TPSA) is 86.8 Å². The van der Waals surface area contributed by atoms with Gasteiger partial charge in [-0.25, -0.2) is 12.8 Å². The van der Waals surface area contributed by atoms with E-state index in [2.05, 4.69) is 5.32 Å². The molecule has 1 atom stereocenters. The Kier molecular flexibility index (Phi) is 9.88. The summed E-state index contributed by atoms with van der Waals surface area (Å²) in [5, 5.41) is 3.22. The number of para-hydroxylation sites is 1. The molecule has 10 heteroatoms. The Morgan fingerprint density at radius 2 is 1.55 bits per heavy atom. The summed E-state index contributed by atoms with van der Waals surface area (Å²) in [5.41, 5.74) is 0.309. The number of rotatable bonds is 11. The van der Waals surface area contributed by atoms with Gasteiger partial charge in [0.2, 0.25) is 11.8 Å². The summed E-state index contributed by atoms with van der Waals surface area (Å²) in [7, 11) is -4.34. The predicted molar refractivity (Wildman–Crippen MR) is 147 cm³/mol. The Morgan fingerprint density at radius 3 is 2.16 bits per heavy atom. The monoisotopic (exact) mass is 559 g/mol. The molecule has 0 aliphatic rings. The van der Waals surface area contributed by atoms with E-state index in [1.165, 1.54) is 35.2 Å². The number of benzene rings is 3. The van der Waals surface area contributed by atoms with Gasteiger partial charge in [-0.2, -0.15) is 0 Å². The lowest BCUT2D eigenvalue weighted by Crippen LogP contribution is -2.53. The molecule has 0 fully saturated rings. The predicted octanol–water partition coefficient (Wildman–Crippen LogP) is 5.01. The van der Waals surface area contributed by atoms with Crippen molar-refractivity contribution in [1.29, 1.82) is 0 Å². The lowest BCUT2D eigenvalue weighted by atomic mass is 10.1. The van der Waals surface area contributed by atoms with Gasteiger partial charge in [0.15, 0.2) is 0 Å². The second-order valence-electron chi connectivity index (χ2n) is 8.98. The summed E-state index contributed by atoms with van der Waals surface area (Å²) < 4.78 is 43.0. The number of nitrogens with one attached hydrogen (secondary N) is 1. The van der Waals surface area contributed by atoms with Crippen LogP contribution in [0.1, 0.15) is 32.8 Å². The van der Waals surface area contributed by atoms with Crippen LogP contribution >= 0.6 is 11.6 Å². The number of sulfonamides is 1. The highest BCUT2D eigenvalue weighted by Crippen LogP contribution is 2.27. The Balaban J connectivity index is 2.08. The van der Waals surface area contributed by atoms with Gasteiger partial charge < -0.3 is 10.2 Å². The molecule has 0 aliphatic heterocycles. The van der Waals surface area contributed by atoms with E-state index in [-0.39, 0.29) is 35.5 Å². The first kappa shape index (κ1) is 29.1. The molecule has 3 aromatic carbocycles. The third-order valence-electron chi connectivity index (χ3n) is 5.85. The van der Waals surface area contributed by atoms with Crippen LogP contribution in [0.5, 0.6) is 0 Å². The smallest absolute Gasteiger partial charge is 0.264 e. The second-order valence-corrected chi connectivity index (χ2v) is 11.2. The van der Waals surface area contributed by atoms with E-state index in [4.69, 9.17) is 11.6 Å². The molecular formula is C28H31ClFN3O4S. The fourth-order valence-electron chi connectivity index (χ4n) is 4.00. The van der Waals surface area contributed by atoms with Crippen LogP contribution in [0.3, 0.4) is 0 Å². The SMILES string of the molecule is CC[C@@H](C(=O)NC(C)C)N(Cc1ccccc1Cl)C(=O)CN(c1ccccc1F)S(=O)(=O)c1ccccc1. The Labute approximate surface area is 228 Å². The van der Waals surface area contributed by atoms with Gasteiger partial charge >= 0.3 is 0 Å². The third kappa shape index (κ3) is 6.90. The third-order valence-corrected chi connectivity index (χ3v) is 7.99. The van der Waals surface area contributed by atoms with Crippen LogP contribution in [0.15, 0.2) is 83.8 Å². The van der Waals surface area contributed by atoms with E-state index in [9.17, 15) is 22.4 Å². The molecule has 0 aromatic heterocycles. The van der Waals surface area contributed by atoms with Gasteiger partial charge in [0.1, 0.15) is 18.4 Å². The zero-order valence-corrected chi connectivity index (χ0v) is 23.0. The lowest BCUT2D eigenvalue weighted by Gasteiger charge is -2.33. The molecule has 0 heterocycles. The molecule has 0 saturated carbocycles. The van der Waals surface area contributed by atoms with Crippen molar-refractivity contribution in [2.75, 3.05) is 10.8 Å². The Hall–Kier alpha value is -3.43. The number of carbonyl (C=O) groups is 2. The van der Waals surface area contributed by atoms with Crippen LogP contribution in [-0.4, -0.2) is 43.8 Å². The zero-order chi connectivity index (χ0) is 27.9. The molecule has 0 unspecified atom stereocenters. The van der Waals surface area contributed by atoms with E-state index < -0.39 is 34.3 Å². The van der Waals surface area contributed by atoms with Crippen molar-refractivity contribution in [2.45, 2.75) is 50.7 Å². The van der Waals surface area contributed by atoms with Gasteiger partial charge in [0.05, 0.1) is 10.6 Å². The maximum absolute atomic E-state index is 14.9. The molecule has 0 bridgehead atoms. The molecule has 0 spiro atoms. The summed E-state index contributed by atoms with van der Waals surface area (Å²) >= 11 is 6.37. The molecule has 38 heavy (non-hydrogen) atoms. The summed E-state index contributed by atoms with van der Waals surface area (Å²) in [6.45, 7) is 4.59.